The molecule has 0 spiro atoms. The van der Waals surface area contributed by atoms with Crippen LogP contribution in [0.1, 0.15) is 46.5 Å². The highest BCUT2D eigenvalue weighted by atomic mass is 16.5. The topological polar surface area (TPSA) is 38.5 Å². The molecule has 3 heteroatoms. The van der Waals surface area contributed by atoms with Crippen molar-refractivity contribution in [3.8, 4) is 0 Å². The lowest BCUT2D eigenvalue weighted by Crippen LogP contribution is -2.49. The molecule has 0 radical (unpaired) electrons. The number of nitrogens with two attached hydrogens (primary N) is 1. The van der Waals surface area contributed by atoms with E-state index in [1.165, 1.54) is 32.2 Å². The Hall–Kier alpha value is -0.120. The molecular formula is C15H32N2O. The van der Waals surface area contributed by atoms with E-state index in [-0.39, 0.29) is 0 Å². The summed E-state index contributed by atoms with van der Waals surface area (Å²) in [6.07, 6.45) is 5.02. The van der Waals surface area contributed by atoms with Crippen LogP contribution in [0.2, 0.25) is 0 Å². The first kappa shape index (κ1) is 15.9. The quantitative estimate of drug-likeness (QED) is 0.725. The molecule has 0 aromatic heterocycles. The van der Waals surface area contributed by atoms with Gasteiger partial charge in [0.05, 0.1) is 6.61 Å². The standard InChI is InChI=1S/C15H32N2O/c1-4-13(5-2)11-17(6-3)15(10-16)14-8-7-9-18-12-14/h13-15H,4-12,16H2,1-3H3. The molecule has 0 bridgehead atoms. The van der Waals surface area contributed by atoms with Gasteiger partial charge in [-0.05, 0) is 31.2 Å². The summed E-state index contributed by atoms with van der Waals surface area (Å²) in [6.45, 7) is 11.8. The van der Waals surface area contributed by atoms with Crippen LogP contribution in [-0.2, 0) is 4.74 Å². The number of ether oxygens (including phenoxy) is 1. The fourth-order valence-electron chi connectivity index (χ4n) is 3.09. The molecule has 0 aromatic rings. The fraction of sp³-hybridized carbons (Fsp3) is 1.00. The van der Waals surface area contributed by atoms with Gasteiger partial charge in [0.25, 0.3) is 0 Å². The van der Waals surface area contributed by atoms with Gasteiger partial charge in [0.2, 0.25) is 0 Å². The van der Waals surface area contributed by atoms with Crippen LogP contribution in [-0.4, -0.2) is 43.8 Å². The van der Waals surface area contributed by atoms with Gasteiger partial charge in [-0.3, -0.25) is 4.90 Å². The summed E-state index contributed by atoms with van der Waals surface area (Å²) in [5.41, 5.74) is 6.04. The summed E-state index contributed by atoms with van der Waals surface area (Å²) >= 11 is 0. The Morgan fingerprint density at radius 1 is 1.28 bits per heavy atom. The Bertz CT molecular complexity index is 201. The molecule has 2 N–H and O–H groups in total. The molecule has 0 saturated carbocycles. The maximum Gasteiger partial charge on any atom is 0.0509 e. The molecule has 2 atom stereocenters. The Labute approximate surface area is 113 Å². The minimum atomic E-state index is 0.510. The van der Waals surface area contributed by atoms with Crippen LogP contribution in [0.15, 0.2) is 0 Å². The third-order valence-corrected chi connectivity index (χ3v) is 4.50. The first-order valence-electron chi connectivity index (χ1n) is 7.78. The summed E-state index contributed by atoms with van der Waals surface area (Å²) < 4.78 is 5.63. The largest absolute Gasteiger partial charge is 0.381 e. The number of hydrogen-bond donors (Lipinski definition) is 1. The highest BCUT2D eigenvalue weighted by Crippen LogP contribution is 2.22. The van der Waals surface area contributed by atoms with E-state index in [0.29, 0.717) is 12.0 Å². The fourth-order valence-corrected chi connectivity index (χ4v) is 3.09. The second-order valence-corrected chi connectivity index (χ2v) is 5.55. The Morgan fingerprint density at radius 2 is 2.00 bits per heavy atom. The molecular weight excluding hydrogens is 224 g/mol. The number of rotatable bonds is 8. The third-order valence-electron chi connectivity index (χ3n) is 4.50. The van der Waals surface area contributed by atoms with E-state index < -0.39 is 0 Å². The predicted molar refractivity (Wildman–Crippen MR) is 77.7 cm³/mol. The smallest absolute Gasteiger partial charge is 0.0509 e. The Morgan fingerprint density at radius 3 is 2.44 bits per heavy atom. The van der Waals surface area contributed by atoms with Gasteiger partial charge in [-0.15, -0.1) is 0 Å². The van der Waals surface area contributed by atoms with Crippen molar-refractivity contribution >= 4 is 0 Å². The second-order valence-electron chi connectivity index (χ2n) is 5.55. The van der Waals surface area contributed by atoms with Crippen molar-refractivity contribution in [1.82, 2.24) is 4.90 Å². The minimum absolute atomic E-state index is 0.510. The number of likely N-dealkylation sites (N-methyl/N-ethyl adjacent to an activating group) is 1. The van der Waals surface area contributed by atoms with Crippen molar-refractivity contribution in [2.75, 3.05) is 32.8 Å². The predicted octanol–water partition coefficient (Wildman–Crippen LogP) is 2.50. The van der Waals surface area contributed by atoms with E-state index in [1.54, 1.807) is 0 Å². The average molecular weight is 256 g/mol. The highest BCUT2D eigenvalue weighted by molar-refractivity contribution is 4.82. The summed E-state index contributed by atoms with van der Waals surface area (Å²) in [5.74, 6) is 1.45. The first-order valence-corrected chi connectivity index (χ1v) is 7.78. The van der Waals surface area contributed by atoms with E-state index in [4.69, 9.17) is 10.5 Å². The van der Waals surface area contributed by atoms with Crippen LogP contribution in [0.4, 0.5) is 0 Å². The van der Waals surface area contributed by atoms with Crippen LogP contribution in [0.25, 0.3) is 0 Å². The van der Waals surface area contributed by atoms with Gasteiger partial charge < -0.3 is 10.5 Å². The van der Waals surface area contributed by atoms with Crippen LogP contribution >= 0.6 is 0 Å². The normalized spacial score (nSPS) is 22.7. The lowest BCUT2D eigenvalue weighted by atomic mass is 9.91. The van der Waals surface area contributed by atoms with E-state index in [2.05, 4.69) is 25.7 Å². The van der Waals surface area contributed by atoms with Crippen LogP contribution in [0.3, 0.4) is 0 Å². The van der Waals surface area contributed by atoms with Gasteiger partial charge in [-0.2, -0.15) is 0 Å². The lowest BCUT2D eigenvalue weighted by molar-refractivity contribution is 0.00831. The van der Waals surface area contributed by atoms with Gasteiger partial charge in [0.1, 0.15) is 0 Å². The molecule has 0 amide bonds. The molecule has 108 valence electrons. The molecule has 3 nitrogen and oxygen atoms in total. The Kier molecular flexibility index (Phi) is 7.87. The van der Waals surface area contributed by atoms with E-state index in [9.17, 15) is 0 Å². The SMILES string of the molecule is CCC(CC)CN(CC)C(CN)C1CCCOC1. The summed E-state index contributed by atoms with van der Waals surface area (Å²) in [6, 6.07) is 0.510. The summed E-state index contributed by atoms with van der Waals surface area (Å²) in [5, 5.41) is 0. The monoisotopic (exact) mass is 256 g/mol. The van der Waals surface area contributed by atoms with Crippen LogP contribution < -0.4 is 5.73 Å². The van der Waals surface area contributed by atoms with Crippen molar-refractivity contribution in [2.24, 2.45) is 17.6 Å². The van der Waals surface area contributed by atoms with E-state index in [1.807, 2.05) is 0 Å². The molecule has 1 rings (SSSR count). The molecule has 2 unspecified atom stereocenters. The third kappa shape index (κ3) is 4.52. The lowest BCUT2D eigenvalue weighted by Gasteiger charge is -2.39. The van der Waals surface area contributed by atoms with Gasteiger partial charge in [-0.1, -0.05) is 33.6 Å². The molecule has 18 heavy (non-hydrogen) atoms. The molecule has 1 saturated heterocycles. The molecule has 1 aliphatic heterocycles. The van der Waals surface area contributed by atoms with Crippen molar-refractivity contribution in [3.05, 3.63) is 0 Å². The Balaban J connectivity index is 2.57. The van der Waals surface area contributed by atoms with Gasteiger partial charge >= 0.3 is 0 Å². The van der Waals surface area contributed by atoms with Crippen LogP contribution in [0, 0.1) is 11.8 Å². The number of hydrogen-bond acceptors (Lipinski definition) is 3. The van der Waals surface area contributed by atoms with Crippen molar-refractivity contribution < 1.29 is 4.74 Å². The first-order chi connectivity index (χ1) is 8.76. The van der Waals surface area contributed by atoms with Gasteiger partial charge in [-0.25, -0.2) is 0 Å². The maximum atomic E-state index is 6.04. The van der Waals surface area contributed by atoms with Crippen molar-refractivity contribution in [3.63, 3.8) is 0 Å². The zero-order valence-electron chi connectivity index (χ0n) is 12.5. The molecule has 0 aromatic carbocycles. The second kappa shape index (κ2) is 8.89. The summed E-state index contributed by atoms with van der Waals surface area (Å²) in [4.78, 5) is 2.59. The maximum absolute atomic E-state index is 6.04. The van der Waals surface area contributed by atoms with Crippen LogP contribution in [0.5, 0.6) is 0 Å². The molecule has 0 aliphatic carbocycles. The highest BCUT2D eigenvalue weighted by Gasteiger charge is 2.28. The zero-order chi connectivity index (χ0) is 13.4. The molecule has 1 fully saturated rings. The summed E-state index contributed by atoms with van der Waals surface area (Å²) in [7, 11) is 0. The molecule has 1 heterocycles. The van der Waals surface area contributed by atoms with E-state index >= 15 is 0 Å². The van der Waals surface area contributed by atoms with Crippen molar-refractivity contribution in [1.29, 1.82) is 0 Å². The van der Waals surface area contributed by atoms with Gasteiger partial charge in [0.15, 0.2) is 0 Å². The van der Waals surface area contributed by atoms with Gasteiger partial charge in [0, 0.05) is 25.7 Å². The van der Waals surface area contributed by atoms with Crippen molar-refractivity contribution in [2.45, 2.75) is 52.5 Å². The number of nitrogens with zero attached hydrogens (tertiary/aromatic N) is 1. The average Bonchev–Trinajstić information content (AvgIpc) is 2.44. The zero-order valence-corrected chi connectivity index (χ0v) is 12.5. The minimum Gasteiger partial charge on any atom is -0.381 e. The molecule has 1 aliphatic rings. The van der Waals surface area contributed by atoms with E-state index in [0.717, 1.165) is 32.2 Å².